The fraction of sp³-hybridized carbons (Fsp3) is 0.150. The maximum absolute atomic E-state index is 13.0. The lowest BCUT2D eigenvalue weighted by atomic mass is 10.1. The largest absolute Gasteiger partial charge is 0.459 e. The third kappa shape index (κ3) is 3.11. The van der Waals surface area contributed by atoms with Crippen molar-refractivity contribution in [2.45, 2.75) is 20.4 Å². The molecule has 0 N–H and O–H groups in total. The first kappa shape index (κ1) is 16.5. The number of aryl methyl sites for hydroxylation is 2. The van der Waals surface area contributed by atoms with Crippen molar-refractivity contribution in [3.05, 3.63) is 77.5 Å². The van der Waals surface area contributed by atoms with Gasteiger partial charge in [-0.05, 0) is 61.4 Å². The second kappa shape index (κ2) is 6.72. The Morgan fingerprint density at radius 1 is 1.15 bits per heavy atom. The Hall–Kier alpha value is -2.99. The molecule has 0 saturated heterocycles. The Bertz CT molecular complexity index is 1020. The summed E-state index contributed by atoms with van der Waals surface area (Å²) < 4.78 is 6.37. The van der Waals surface area contributed by atoms with Gasteiger partial charge in [0.15, 0.2) is 10.9 Å². The Morgan fingerprint density at radius 3 is 2.73 bits per heavy atom. The van der Waals surface area contributed by atoms with Gasteiger partial charge in [0.2, 0.25) is 0 Å². The van der Waals surface area contributed by atoms with Crippen LogP contribution in [0.25, 0.3) is 10.2 Å². The summed E-state index contributed by atoms with van der Waals surface area (Å²) in [6.07, 6.45) is 3.22. The van der Waals surface area contributed by atoms with Crippen molar-refractivity contribution >= 4 is 32.6 Å². The van der Waals surface area contributed by atoms with Gasteiger partial charge in [0.1, 0.15) is 0 Å². The highest BCUT2D eigenvalue weighted by Crippen LogP contribution is 2.32. The van der Waals surface area contributed by atoms with E-state index in [1.54, 1.807) is 23.2 Å². The predicted octanol–water partition coefficient (Wildman–Crippen LogP) is 4.75. The van der Waals surface area contributed by atoms with Crippen LogP contribution in [0.1, 0.15) is 27.4 Å². The minimum Gasteiger partial charge on any atom is -0.459 e. The van der Waals surface area contributed by atoms with Crippen molar-refractivity contribution in [3.63, 3.8) is 0 Å². The van der Waals surface area contributed by atoms with Gasteiger partial charge in [-0.25, -0.2) is 4.98 Å². The topological polar surface area (TPSA) is 59.2 Å². The predicted molar refractivity (Wildman–Crippen MR) is 103 cm³/mol. The standard InChI is InChI=1S/C20H17N3O2S/c1-13-10-16-18(11-14(13)2)26-20(22-16)23(12-15-6-3-4-8-21-15)19(24)17-7-5-9-25-17/h3-11H,12H2,1-2H3. The number of pyridine rings is 1. The van der Waals surface area contributed by atoms with E-state index in [1.807, 2.05) is 18.2 Å². The Morgan fingerprint density at radius 2 is 2.00 bits per heavy atom. The molecule has 6 heteroatoms. The lowest BCUT2D eigenvalue weighted by Gasteiger charge is -2.18. The Balaban J connectivity index is 1.78. The van der Waals surface area contributed by atoms with Crippen LogP contribution in [0.15, 0.2) is 59.3 Å². The normalized spacial score (nSPS) is 11.0. The number of carbonyl (C=O) groups excluding carboxylic acids is 1. The van der Waals surface area contributed by atoms with Crippen molar-refractivity contribution in [1.29, 1.82) is 0 Å². The van der Waals surface area contributed by atoms with Gasteiger partial charge in [0, 0.05) is 6.20 Å². The quantitative estimate of drug-likeness (QED) is 0.525. The summed E-state index contributed by atoms with van der Waals surface area (Å²) in [6.45, 7) is 4.47. The molecule has 0 bridgehead atoms. The maximum Gasteiger partial charge on any atom is 0.296 e. The summed E-state index contributed by atoms with van der Waals surface area (Å²) in [7, 11) is 0. The first-order valence-corrected chi connectivity index (χ1v) is 9.06. The number of fused-ring (bicyclic) bond motifs is 1. The zero-order valence-corrected chi connectivity index (χ0v) is 15.3. The average Bonchev–Trinajstić information content (AvgIpc) is 3.30. The van der Waals surface area contributed by atoms with Gasteiger partial charge in [-0.15, -0.1) is 0 Å². The number of anilines is 1. The van der Waals surface area contributed by atoms with Crippen LogP contribution in [0, 0.1) is 13.8 Å². The summed E-state index contributed by atoms with van der Waals surface area (Å²) >= 11 is 1.50. The Kier molecular flexibility index (Phi) is 4.26. The summed E-state index contributed by atoms with van der Waals surface area (Å²) in [5.74, 6) is 0.0562. The molecule has 3 aromatic heterocycles. The van der Waals surface area contributed by atoms with E-state index < -0.39 is 0 Å². The SMILES string of the molecule is Cc1cc2nc(N(Cc3ccccn3)C(=O)c3ccco3)sc2cc1C. The van der Waals surface area contributed by atoms with Gasteiger partial charge in [-0.2, -0.15) is 0 Å². The molecule has 1 amide bonds. The summed E-state index contributed by atoms with van der Waals surface area (Å²) in [5, 5.41) is 0.636. The third-order valence-electron chi connectivity index (χ3n) is 4.25. The molecule has 0 fully saturated rings. The molecule has 0 aliphatic heterocycles. The fourth-order valence-corrected chi connectivity index (χ4v) is 3.74. The highest BCUT2D eigenvalue weighted by atomic mass is 32.1. The van der Waals surface area contributed by atoms with Crippen LogP contribution in [0.4, 0.5) is 5.13 Å². The highest BCUT2D eigenvalue weighted by Gasteiger charge is 2.24. The van der Waals surface area contributed by atoms with E-state index in [-0.39, 0.29) is 11.7 Å². The van der Waals surface area contributed by atoms with E-state index in [9.17, 15) is 4.79 Å². The van der Waals surface area contributed by atoms with Gasteiger partial charge in [-0.1, -0.05) is 17.4 Å². The molecule has 4 rings (SSSR count). The number of aromatic nitrogens is 2. The van der Waals surface area contributed by atoms with E-state index in [1.165, 1.54) is 28.7 Å². The molecule has 0 unspecified atom stereocenters. The van der Waals surface area contributed by atoms with Crippen molar-refractivity contribution < 1.29 is 9.21 Å². The van der Waals surface area contributed by atoms with Crippen LogP contribution in [-0.4, -0.2) is 15.9 Å². The number of rotatable bonds is 4. The zero-order valence-electron chi connectivity index (χ0n) is 14.5. The van der Waals surface area contributed by atoms with Crippen molar-refractivity contribution in [2.24, 2.45) is 0 Å². The van der Waals surface area contributed by atoms with Crippen LogP contribution in [0.2, 0.25) is 0 Å². The molecule has 0 aliphatic carbocycles. The molecule has 0 radical (unpaired) electrons. The zero-order chi connectivity index (χ0) is 18.1. The fourth-order valence-electron chi connectivity index (χ4n) is 2.70. The first-order chi connectivity index (χ1) is 12.6. The number of nitrogens with zero attached hydrogens (tertiary/aromatic N) is 3. The van der Waals surface area contributed by atoms with Crippen LogP contribution in [0.3, 0.4) is 0 Å². The van der Waals surface area contributed by atoms with Gasteiger partial charge in [0.05, 0.1) is 28.7 Å². The van der Waals surface area contributed by atoms with Gasteiger partial charge in [0.25, 0.3) is 5.91 Å². The number of carbonyl (C=O) groups is 1. The number of amides is 1. The molecule has 0 saturated carbocycles. The van der Waals surface area contributed by atoms with Gasteiger partial charge >= 0.3 is 0 Å². The minimum absolute atomic E-state index is 0.229. The highest BCUT2D eigenvalue weighted by molar-refractivity contribution is 7.22. The van der Waals surface area contributed by atoms with E-state index in [4.69, 9.17) is 9.40 Å². The molecule has 5 nitrogen and oxygen atoms in total. The molecular formula is C20H17N3O2S. The van der Waals surface area contributed by atoms with Crippen LogP contribution in [0.5, 0.6) is 0 Å². The van der Waals surface area contributed by atoms with Gasteiger partial charge in [-0.3, -0.25) is 14.7 Å². The maximum atomic E-state index is 13.0. The van der Waals surface area contributed by atoms with E-state index in [0.717, 1.165) is 15.9 Å². The van der Waals surface area contributed by atoms with E-state index in [0.29, 0.717) is 11.7 Å². The lowest BCUT2D eigenvalue weighted by molar-refractivity contribution is 0.0958. The third-order valence-corrected chi connectivity index (χ3v) is 5.29. The molecule has 130 valence electrons. The smallest absolute Gasteiger partial charge is 0.296 e. The molecular weight excluding hydrogens is 346 g/mol. The molecule has 0 atom stereocenters. The number of hydrogen-bond donors (Lipinski definition) is 0. The van der Waals surface area contributed by atoms with Crippen LogP contribution < -0.4 is 4.90 Å². The monoisotopic (exact) mass is 363 g/mol. The van der Waals surface area contributed by atoms with E-state index >= 15 is 0 Å². The second-order valence-electron chi connectivity index (χ2n) is 6.09. The molecule has 4 aromatic rings. The number of furan rings is 1. The molecule has 0 aliphatic rings. The molecule has 3 heterocycles. The van der Waals surface area contributed by atoms with Crippen LogP contribution >= 0.6 is 11.3 Å². The molecule has 26 heavy (non-hydrogen) atoms. The second-order valence-corrected chi connectivity index (χ2v) is 7.10. The summed E-state index contributed by atoms with van der Waals surface area (Å²) in [6, 6.07) is 13.2. The van der Waals surface area contributed by atoms with Crippen molar-refractivity contribution in [2.75, 3.05) is 4.90 Å². The average molecular weight is 363 g/mol. The van der Waals surface area contributed by atoms with Crippen molar-refractivity contribution in [1.82, 2.24) is 9.97 Å². The summed E-state index contributed by atoms with van der Waals surface area (Å²) in [5.41, 5.74) is 4.08. The number of hydrogen-bond acceptors (Lipinski definition) is 5. The van der Waals surface area contributed by atoms with E-state index in [2.05, 4.69) is 31.0 Å². The first-order valence-electron chi connectivity index (χ1n) is 8.25. The van der Waals surface area contributed by atoms with Gasteiger partial charge < -0.3 is 4.42 Å². The lowest BCUT2D eigenvalue weighted by Crippen LogP contribution is -2.30. The number of benzene rings is 1. The van der Waals surface area contributed by atoms with Crippen LogP contribution in [-0.2, 0) is 6.54 Å². The number of thiazole rings is 1. The molecule has 1 aromatic carbocycles. The minimum atomic E-state index is -0.229. The Labute approximate surface area is 154 Å². The summed E-state index contributed by atoms with van der Waals surface area (Å²) in [4.78, 5) is 23.7. The van der Waals surface area contributed by atoms with Crippen molar-refractivity contribution in [3.8, 4) is 0 Å². The molecule has 0 spiro atoms.